The van der Waals surface area contributed by atoms with E-state index in [0.717, 1.165) is 12.3 Å². The van der Waals surface area contributed by atoms with Crippen LogP contribution < -0.4 is 11.6 Å². The van der Waals surface area contributed by atoms with Crippen LogP contribution in [0.1, 0.15) is 16.8 Å². The van der Waals surface area contributed by atoms with Crippen LogP contribution >= 0.6 is 0 Å². The first-order chi connectivity index (χ1) is 11.3. The molecule has 1 aliphatic rings. The van der Waals surface area contributed by atoms with Gasteiger partial charge in [0.1, 0.15) is 11.9 Å². The van der Waals surface area contributed by atoms with Crippen LogP contribution in [0.15, 0.2) is 41.9 Å². The lowest BCUT2D eigenvalue weighted by molar-refractivity contribution is -0.141. The van der Waals surface area contributed by atoms with Crippen LogP contribution in [0.4, 0.5) is 13.2 Å². The zero-order valence-electron chi connectivity index (χ0n) is 12.6. The Hall–Kier alpha value is -2.72. The van der Waals surface area contributed by atoms with Crippen molar-refractivity contribution in [1.82, 2.24) is 19.8 Å². The fraction of sp³-hybridized carbons (Fsp3) is 0.214. The number of hydrogen-bond donors (Lipinski definition) is 2. The summed E-state index contributed by atoms with van der Waals surface area (Å²) < 4.78 is 39.4. The number of aryl methyl sites for hydroxylation is 1. The largest absolute Gasteiger partial charge is 0.433 e. The monoisotopic (exact) mass is 337 g/mol. The van der Waals surface area contributed by atoms with Crippen LogP contribution in [0.3, 0.4) is 0 Å². The number of nitrogens with zero attached hydrogens (tertiary/aromatic N) is 5. The molecule has 1 aliphatic heterocycles. The van der Waals surface area contributed by atoms with Gasteiger partial charge in [0.15, 0.2) is 0 Å². The summed E-state index contributed by atoms with van der Waals surface area (Å²) in [7, 11) is 1.75. The highest BCUT2D eigenvalue weighted by Crippen LogP contribution is 2.29. The van der Waals surface area contributed by atoms with Crippen molar-refractivity contribution in [2.75, 3.05) is 0 Å². The predicted molar refractivity (Wildman–Crippen MR) is 81.0 cm³/mol. The number of nitrogens with two attached hydrogens (primary N) is 2. The Kier molecular flexibility index (Phi) is 3.85. The SMILES string of the molecule is Cn1cc(C2=NC(c3ccc(C(F)(F)F)nc3)=CN(N)C2N)cn1. The number of hydrogen-bond acceptors (Lipinski definition) is 6. The molecule has 0 spiro atoms. The van der Waals surface area contributed by atoms with E-state index in [9.17, 15) is 13.2 Å². The van der Waals surface area contributed by atoms with Crippen LogP contribution in [0.5, 0.6) is 0 Å². The molecule has 1 unspecified atom stereocenters. The van der Waals surface area contributed by atoms with Crippen molar-refractivity contribution in [2.24, 2.45) is 23.6 Å². The molecule has 0 saturated carbocycles. The lowest BCUT2D eigenvalue weighted by atomic mass is 10.1. The molecular weight excluding hydrogens is 323 g/mol. The highest BCUT2D eigenvalue weighted by Gasteiger charge is 2.32. The zero-order chi connectivity index (χ0) is 17.5. The Bertz CT molecular complexity index is 805. The summed E-state index contributed by atoms with van der Waals surface area (Å²) in [5.41, 5.74) is 6.93. The normalized spacial score (nSPS) is 18.4. The van der Waals surface area contributed by atoms with Gasteiger partial charge in [-0.25, -0.2) is 10.8 Å². The standard InChI is InChI=1S/C14H14F3N7/c1-23-6-9(5-21-23)12-13(18)24(19)7-10(22-12)8-2-3-11(20-4-8)14(15,16)17/h2-7,13H,18-19H2,1H3. The molecule has 3 heterocycles. The van der Waals surface area contributed by atoms with E-state index in [1.54, 1.807) is 24.1 Å². The molecule has 0 saturated heterocycles. The Labute approximate surface area is 135 Å². The lowest BCUT2D eigenvalue weighted by Gasteiger charge is -2.28. The molecule has 0 fully saturated rings. The summed E-state index contributed by atoms with van der Waals surface area (Å²) in [5, 5.41) is 5.29. The maximum atomic E-state index is 12.6. The third-order valence-corrected chi connectivity index (χ3v) is 3.46. The third-order valence-electron chi connectivity index (χ3n) is 3.46. The van der Waals surface area contributed by atoms with Crippen molar-refractivity contribution in [3.05, 3.63) is 53.7 Å². The van der Waals surface area contributed by atoms with Crippen molar-refractivity contribution >= 4 is 11.4 Å². The smallest absolute Gasteiger partial charge is 0.305 e. The van der Waals surface area contributed by atoms with Gasteiger partial charge in [-0.05, 0) is 12.1 Å². The molecule has 0 bridgehead atoms. The molecule has 0 amide bonds. The van der Waals surface area contributed by atoms with E-state index in [4.69, 9.17) is 11.6 Å². The number of rotatable bonds is 2. The van der Waals surface area contributed by atoms with Crippen LogP contribution in [0.25, 0.3) is 5.70 Å². The van der Waals surface area contributed by atoms with E-state index in [1.807, 2.05) is 0 Å². The molecule has 10 heteroatoms. The molecule has 1 atom stereocenters. The first kappa shape index (κ1) is 16.1. The molecule has 0 aromatic carbocycles. The van der Waals surface area contributed by atoms with Gasteiger partial charge in [0.05, 0.1) is 17.6 Å². The topological polar surface area (TPSA) is 98.3 Å². The first-order valence-corrected chi connectivity index (χ1v) is 6.87. The molecule has 24 heavy (non-hydrogen) atoms. The van der Waals surface area contributed by atoms with Gasteiger partial charge >= 0.3 is 6.18 Å². The number of aliphatic imine (C=N–C) groups is 1. The molecule has 2 aromatic rings. The molecule has 126 valence electrons. The summed E-state index contributed by atoms with van der Waals surface area (Å²) >= 11 is 0. The number of alkyl halides is 3. The van der Waals surface area contributed by atoms with Gasteiger partial charge in [-0.1, -0.05) is 0 Å². The molecule has 0 radical (unpaired) electrons. The maximum absolute atomic E-state index is 12.6. The second-order valence-corrected chi connectivity index (χ2v) is 5.24. The first-order valence-electron chi connectivity index (χ1n) is 6.87. The molecular formula is C14H14F3N7. The molecule has 0 aliphatic carbocycles. The molecule has 7 nitrogen and oxygen atoms in total. The third kappa shape index (κ3) is 3.01. The van der Waals surface area contributed by atoms with Crippen molar-refractivity contribution in [3.63, 3.8) is 0 Å². The number of pyridine rings is 1. The van der Waals surface area contributed by atoms with Gasteiger partial charge in [0, 0.05) is 36.8 Å². The number of halogens is 3. The maximum Gasteiger partial charge on any atom is 0.433 e. The summed E-state index contributed by atoms with van der Waals surface area (Å²) in [6, 6.07) is 2.18. The van der Waals surface area contributed by atoms with E-state index >= 15 is 0 Å². The van der Waals surface area contributed by atoms with Crippen LogP contribution in [0, 0.1) is 0 Å². The van der Waals surface area contributed by atoms with E-state index in [0.29, 0.717) is 22.5 Å². The molecule has 3 rings (SSSR count). The van der Waals surface area contributed by atoms with Crippen LogP contribution in [-0.4, -0.2) is 31.7 Å². The van der Waals surface area contributed by atoms with E-state index in [1.165, 1.54) is 17.3 Å². The van der Waals surface area contributed by atoms with E-state index in [2.05, 4.69) is 15.1 Å². The number of hydrazine groups is 1. The number of aromatic nitrogens is 3. The Balaban J connectivity index is 1.98. The van der Waals surface area contributed by atoms with E-state index < -0.39 is 18.0 Å². The van der Waals surface area contributed by atoms with Crippen molar-refractivity contribution in [1.29, 1.82) is 0 Å². The van der Waals surface area contributed by atoms with Gasteiger partial charge in [0.2, 0.25) is 0 Å². The predicted octanol–water partition coefficient (Wildman–Crippen LogP) is 1.10. The summed E-state index contributed by atoms with van der Waals surface area (Å²) in [6.45, 7) is 0. The van der Waals surface area contributed by atoms with Gasteiger partial charge in [-0.3, -0.25) is 14.7 Å². The Morgan fingerprint density at radius 1 is 1.17 bits per heavy atom. The van der Waals surface area contributed by atoms with Gasteiger partial charge in [-0.15, -0.1) is 0 Å². The average Bonchev–Trinajstić information content (AvgIpc) is 2.95. The Morgan fingerprint density at radius 2 is 1.92 bits per heavy atom. The fourth-order valence-electron chi connectivity index (χ4n) is 2.23. The van der Waals surface area contributed by atoms with Crippen molar-refractivity contribution in [2.45, 2.75) is 12.3 Å². The minimum atomic E-state index is -4.49. The second kappa shape index (κ2) is 5.73. The van der Waals surface area contributed by atoms with E-state index in [-0.39, 0.29) is 0 Å². The lowest BCUT2D eigenvalue weighted by Crippen LogP contribution is -2.50. The molecule has 4 N–H and O–H groups in total. The summed E-state index contributed by atoms with van der Waals surface area (Å²) in [4.78, 5) is 7.84. The zero-order valence-corrected chi connectivity index (χ0v) is 12.6. The van der Waals surface area contributed by atoms with Crippen LogP contribution in [0.2, 0.25) is 0 Å². The van der Waals surface area contributed by atoms with Gasteiger partial charge in [0.25, 0.3) is 0 Å². The quantitative estimate of drug-likeness (QED) is 0.800. The minimum absolute atomic E-state index is 0.360. The molecule has 2 aromatic heterocycles. The van der Waals surface area contributed by atoms with Crippen LogP contribution in [-0.2, 0) is 13.2 Å². The summed E-state index contributed by atoms with van der Waals surface area (Å²) in [5.74, 6) is 5.86. The minimum Gasteiger partial charge on any atom is -0.305 e. The van der Waals surface area contributed by atoms with Gasteiger partial charge in [-0.2, -0.15) is 18.3 Å². The highest BCUT2D eigenvalue weighted by molar-refractivity contribution is 6.07. The van der Waals surface area contributed by atoms with Crippen molar-refractivity contribution in [3.8, 4) is 0 Å². The van der Waals surface area contributed by atoms with Gasteiger partial charge < -0.3 is 5.73 Å². The Morgan fingerprint density at radius 3 is 2.46 bits per heavy atom. The second-order valence-electron chi connectivity index (χ2n) is 5.24. The highest BCUT2D eigenvalue weighted by atomic mass is 19.4. The average molecular weight is 337 g/mol. The fourth-order valence-corrected chi connectivity index (χ4v) is 2.23. The van der Waals surface area contributed by atoms with Crippen molar-refractivity contribution < 1.29 is 13.2 Å². The summed E-state index contributed by atoms with van der Waals surface area (Å²) in [6.07, 6.45) is 0.672.